The Bertz CT molecular complexity index is 1270. The van der Waals surface area contributed by atoms with Crippen LogP contribution in [0.5, 0.6) is 5.75 Å². The average Bonchev–Trinajstić information content (AvgIpc) is 2.80. The van der Waals surface area contributed by atoms with Gasteiger partial charge < -0.3 is 10.1 Å². The van der Waals surface area contributed by atoms with Gasteiger partial charge in [-0.2, -0.15) is 5.10 Å². The van der Waals surface area contributed by atoms with Gasteiger partial charge in [-0.3, -0.25) is 14.3 Å². The van der Waals surface area contributed by atoms with Crippen molar-refractivity contribution in [3.63, 3.8) is 0 Å². The van der Waals surface area contributed by atoms with Crippen molar-refractivity contribution < 1.29 is 22.7 Å². The van der Waals surface area contributed by atoms with Crippen LogP contribution in [-0.4, -0.2) is 33.6 Å². The van der Waals surface area contributed by atoms with E-state index in [9.17, 15) is 18.0 Å². The first-order valence-electron chi connectivity index (χ1n) is 9.75. The number of hydrogen-bond donors (Lipinski definition) is 3. The molecule has 0 radical (unpaired) electrons. The first-order valence-corrected chi connectivity index (χ1v) is 11.2. The normalized spacial score (nSPS) is 11.1. The number of benzene rings is 3. The fourth-order valence-corrected chi connectivity index (χ4v) is 3.87. The number of nitrogens with one attached hydrogen (secondary N) is 3. The molecule has 0 aliphatic rings. The Morgan fingerprint density at radius 1 is 0.939 bits per heavy atom. The molecule has 0 heterocycles. The lowest BCUT2D eigenvalue weighted by Crippen LogP contribution is -2.19. The number of hydrogen-bond acceptors (Lipinski definition) is 6. The van der Waals surface area contributed by atoms with Gasteiger partial charge in [-0.15, -0.1) is 0 Å². The number of carbonyl (C=O) groups is 2. The monoisotopic (exact) mass is 466 g/mol. The smallest absolute Gasteiger partial charge is 0.271 e. The molecular formula is C23H22N4O5S. The molecule has 0 aliphatic carbocycles. The van der Waals surface area contributed by atoms with Crippen molar-refractivity contribution in [1.29, 1.82) is 0 Å². The molecule has 0 aromatic heterocycles. The van der Waals surface area contributed by atoms with Crippen LogP contribution in [0.4, 0.5) is 11.4 Å². The largest absolute Gasteiger partial charge is 0.497 e. The van der Waals surface area contributed by atoms with Crippen molar-refractivity contribution in [2.75, 3.05) is 17.1 Å². The maximum Gasteiger partial charge on any atom is 0.271 e. The van der Waals surface area contributed by atoms with E-state index in [0.717, 1.165) is 0 Å². The zero-order valence-corrected chi connectivity index (χ0v) is 18.7. The van der Waals surface area contributed by atoms with Crippen molar-refractivity contribution in [3.05, 3.63) is 83.9 Å². The Hall–Kier alpha value is -4.18. The van der Waals surface area contributed by atoms with Crippen molar-refractivity contribution in [3.8, 4) is 5.75 Å². The van der Waals surface area contributed by atoms with Gasteiger partial charge in [0, 0.05) is 23.9 Å². The Kier molecular flexibility index (Phi) is 7.42. The van der Waals surface area contributed by atoms with Crippen molar-refractivity contribution in [2.45, 2.75) is 11.8 Å². The summed E-state index contributed by atoms with van der Waals surface area (Å²) in [7, 11) is -2.39. The lowest BCUT2D eigenvalue weighted by atomic mass is 10.2. The number of rotatable bonds is 8. The highest BCUT2D eigenvalue weighted by Gasteiger charge is 2.16. The zero-order valence-electron chi connectivity index (χ0n) is 17.9. The van der Waals surface area contributed by atoms with E-state index in [4.69, 9.17) is 4.74 Å². The number of ether oxygens (including phenoxy) is 1. The van der Waals surface area contributed by atoms with Gasteiger partial charge in [0.15, 0.2) is 0 Å². The number of sulfonamides is 1. The van der Waals surface area contributed by atoms with Crippen molar-refractivity contribution in [1.82, 2.24) is 5.43 Å². The molecule has 0 fully saturated rings. The van der Waals surface area contributed by atoms with Crippen LogP contribution < -0.4 is 20.2 Å². The fraction of sp³-hybridized carbons (Fsp3) is 0.0870. The van der Waals surface area contributed by atoms with Gasteiger partial charge in [0.05, 0.1) is 18.2 Å². The summed E-state index contributed by atoms with van der Waals surface area (Å²) in [6.45, 7) is 1.42. The van der Waals surface area contributed by atoms with Gasteiger partial charge in [0.1, 0.15) is 5.75 Å². The number of carbonyl (C=O) groups excluding carboxylic acids is 2. The topological polar surface area (TPSA) is 126 Å². The molecule has 0 unspecified atom stereocenters. The van der Waals surface area contributed by atoms with Gasteiger partial charge in [-0.1, -0.05) is 18.2 Å². The second kappa shape index (κ2) is 10.4. The van der Waals surface area contributed by atoms with Gasteiger partial charge in [-0.05, 0) is 60.2 Å². The molecule has 0 aliphatic heterocycles. The maximum absolute atomic E-state index is 12.7. The minimum absolute atomic E-state index is 0.0662. The standard InChI is InChI=1S/C23H22N4O5S/c1-16(28)25-19-8-6-17(7-9-19)15-24-26-23(29)18-4-3-5-22(14-18)33(30,31)27-20-10-12-21(32-2)13-11-20/h3-15,27H,1-2H3,(H,25,28)(H,26,29). The van der Waals surface area contributed by atoms with Gasteiger partial charge in [0.2, 0.25) is 5.91 Å². The second-order valence-electron chi connectivity index (χ2n) is 6.86. The average molecular weight is 467 g/mol. The molecule has 9 nitrogen and oxygen atoms in total. The van der Waals surface area contributed by atoms with Crippen molar-refractivity contribution >= 4 is 39.4 Å². The molecule has 0 saturated carbocycles. The van der Waals surface area contributed by atoms with Crippen LogP contribution in [0.2, 0.25) is 0 Å². The molecular weight excluding hydrogens is 444 g/mol. The molecule has 3 aromatic rings. The van der Waals surface area contributed by atoms with E-state index >= 15 is 0 Å². The first-order chi connectivity index (χ1) is 15.8. The fourth-order valence-electron chi connectivity index (χ4n) is 2.76. The molecule has 0 saturated heterocycles. The van der Waals surface area contributed by atoms with E-state index in [-0.39, 0.29) is 16.4 Å². The molecule has 3 aromatic carbocycles. The van der Waals surface area contributed by atoms with E-state index in [1.807, 2.05) is 0 Å². The van der Waals surface area contributed by atoms with Gasteiger partial charge in [-0.25, -0.2) is 13.8 Å². The van der Waals surface area contributed by atoms with Crippen LogP contribution in [-0.2, 0) is 14.8 Å². The molecule has 10 heteroatoms. The number of anilines is 2. The number of nitrogens with zero attached hydrogens (tertiary/aromatic N) is 1. The van der Waals surface area contributed by atoms with Crippen LogP contribution in [0, 0.1) is 0 Å². The summed E-state index contributed by atoms with van der Waals surface area (Å²) in [4.78, 5) is 23.4. The maximum atomic E-state index is 12.7. The van der Waals surface area contributed by atoms with E-state index in [2.05, 4.69) is 20.6 Å². The van der Waals surface area contributed by atoms with E-state index in [1.165, 1.54) is 44.5 Å². The number of hydrazone groups is 1. The zero-order chi connectivity index (χ0) is 23.8. The van der Waals surface area contributed by atoms with Gasteiger partial charge >= 0.3 is 0 Å². The summed E-state index contributed by atoms with van der Waals surface area (Å²) < 4.78 is 32.9. The Balaban J connectivity index is 1.65. The van der Waals surface area contributed by atoms with Crippen LogP contribution in [0.1, 0.15) is 22.8 Å². The predicted octanol–water partition coefficient (Wildman–Crippen LogP) is 3.22. The summed E-state index contributed by atoms with van der Waals surface area (Å²) in [5.74, 6) is -0.143. The highest BCUT2D eigenvalue weighted by molar-refractivity contribution is 7.92. The molecule has 2 amide bonds. The van der Waals surface area contributed by atoms with Crippen LogP contribution in [0.15, 0.2) is 82.8 Å². The summed E-state index contributed by atoms with van der Waals surface area (Å²) in [6.07, 6.45) is 1.43. The molecule has 3 N–H and O–H groups in total. The Morgan fingerprint density at radius 2 is 1.61 bits per heavy atom. The SMILES string of the molecule is COc1ccc(NS(=O)(=O)c2cccc(C(=O)NN=Cc3ccc(NC(C)=O)cc3)c2)cc1. The third-order valence-electron chi connectivity index (χ3n) is 4.36. The minimum Gasteiger partial charge on any atom is -0.497 e. The Morgan fingerprint density at radius 3 is 2.24 bits per heavy atom. The third kappa shape index (κ3) is 6.65. The highest BCUT2D eigenvalue weighted by atomic mass is 32.2. The summed E-state index contributed by atoms with van der Waals surface area (Å²) >= 11 is 0. The predicted molar refractivity (Wildman–Crippen MR) is 126 cm³/mol. The summed E-state index contributed by atoms with van der Waals surface area (Å²) in [5, 5.41) is 6.55. The molecule has 0 bridgehead atoms. The van der Waals surface area contributed by atoms with Crippen LogP contribution in [0.25, 0.3) is 0 Å². The number of amides is 2. The highest BCUT2D eigenvalue weighted by Crippen LogP contribution is 2.20. The Labute approximate surface area is 191 Å². The summed E-state index contributed by atoms with van der Waals surface area (Å²) in [6, 6.07) is 18.9. The third-order valence-corrected chi connectivity index (χ3v) is 5.74. The molecule has 3 rings (SSSR count). The van der Waals surface area contributed by atoms with E-state index in [1.54, 1.807) is 48.5 Å². The van der Waals surface area contributed by atoms with E-state index in [0.29, 0.717) is 22.7 Å². The van der Waals surface area contributed by atoms with E-state index < -0.39 is 15.9 Å². The van der Waals surface area contributed by atoms with Crippen LogP contribution >= 0.6 is 0 Å². The first kappa shape index (κ1) is 23.5. The molecule has 0 spiro atoms. The lowest BCUT2D eigenvalue weighted by Gasteiger charge is -2.10. The lowest BCUT2D eigenvalue weighted by molar-refractivity contribution is -0.114. The quantitative estimate of drug-likeness (QED) is 0.347. The summed E-state index contributed by atoms with van der Waals surface area (Å²) in [5.41, 5.74) is 4.20. The second-order valence-corrected chi connectivity index (χ2v) is 8.55. The molecule has 0 atom stereocenters. The number of methoxy groups -OCH3 is 1. The molecule has 33 heavy (non-hydrogen) atoms. The molecule has 170 valence electrons. The minimum atomic E-state index is -3.90. The van der Waals surface area contributed by atoms with Gasteiger partial charge in [0.25, 0.3) is 15.9 Å². The van der Waals surface area contributed by atoms with Crippen LogP contribution in [0.3, 0.4) is 0 Å². The van der Waals surface area contributed by atoms with Crippen molar-refractivity contribution in [2.24, 2.45) is 5.10 Å².